The number of carboxylic acid groups (broad SMARTS) is 1. The number of aliphatic carboxylic acids is 1. The highest BCUT2D eigenvalue weighted by molar-refractivity contribution is 5.95. The average Bonchev–Trinajstić information content (AvgIpc) is 2.52. The van der Waals surface area contributed by atoms with E-state index in [0.29, 0.717) is 26.1 Å². The molecule has 0 aromatic heterocycles. The molecule has 2 rings (SSSR count). The van der Waals surface area contributed by atoms with E-state index in [1.807, 2.05) is 0 Å². The van der Waals surface area contributed by atoms with Crippen LogP contribution in [0.15, 0.2) is 24.3 Å². The lowest BCUT2D eigenvalue weighted by Gasteiger charge is -2.36. The lowest BCUT2D eigenvalue weighted by Crippen LogP contribution is -2.53. The van der Waals surface area contributed by atoms with Gasteiger partial charge in [0.05, 0.1) is 12.0 Å². The maximum Gasteiger partial charge on any atom is 0.422 e. The fourth-order valence-corrected chi connectivity index (χ4v) is 2.58. The predicted octanol–water partition coefficient (Wildman–Crippen LogP) is 2.38. The van der Waals surface area contributed by atoms with Gasteiger partial charge in [0.15, 0.2) is 6.61 Å². The second kappa shape index (κ2) is 7.73. The summed E-state index contributed by atoms with van der Waals surface area (Å²) >= 11 is 0. The second-order valence-corrected chi connectivity index (χ2v) is 5.85. The van der Waals surface area contributed by atoms with Crippen LogP contribution < -0.4 is 10.1 Å². The molecule has 1 heterocycles. The Morgan fingerprint density at radius 2 is 1.80 bits per heavy atom. The molecule has 0 bridgehead atoms. The Labute approximate surface area is 141 Å². The number of carbonyl (C=O) groups excluding carboxylic acids is 1. The summed E-state index contributed by atoms with van der Waals surface area (Å²) in [7, 11) is 0. The standard InChI is InChI=1S/C16H18F3NO5/c17-16(18,19)10-25-12-3-1-11(2-4-12)14(23)20-15(9-13(21)22)5-7-24-8-6-15/h1-4H,5-10H2,(H,20,23)(H,21,22). The van der Waals surface area contributed by atoms with Crippen LogP contribution in [0.5, 0.6) is 5.75 Å². The topological polar surface area (TPSA) is 84.9 Å². The van der Waals surface area contributed by atoms with Crippen molar-refractivity contribution in [3.05, 3.63) is 29.8 Å². The largest absolute Gasteiger partial charge is 0.484 e. The van der Waals surface area contributed by atoms with Gasteiger partial charge < -0.3 is 19.9 Å². The Morgan fingerprint density at radius 3 is 2.32 bits per heavy atom. The highest BCUT2D eigenvalue weighted by Gasteiger charge is 2.36. The molecule has 6 nitrogen and oxygen atoms in total. The molecule has 2 N–H and O–H groups in total. The number of nitrogens with one attached hydrogen (secondary N) is 1. The normalized spacial score (nSPS) is 16.9. The Kier molecular flexibility index (Phi) is 5.89. The van der Waals surface area contributed by atoms with Crippen molar-refractivity contribution >= 4 is 11.9 Å². The maximum absolute atomic E-state index is 12.4. The van der Waals surface area contributed by atoms with Crippen LogP contribution in [0.25, 0.3) is 0 Å². The Balaban J connectivity index is 2.02. The third kappa shape index (κ3) is 5.93. The summed E-state index contributed by atoms with van der Waals surface area (Å²) in [5.74, 6) is -1.54. The minimum absolute atomic E-state index is 0.0137. The van der Waals surface area contributed by atoms with Gasteiger partial charge in [0, 0.05) is 18.8 Å². The molecule has 1 fully saturated rings. The molecule has 1 amide bonds. The third-order valence-electron chi connectivity index (χ3n) is 3.84. The first-order chi connectivity index (χ1) is 11.7. The van der Waals surface area contributed by atoms with Crippen LogP contribution >= 0.6 is 0 Å². The van der Waals surface area contributed by atoms with Crippen molar-refractivity contribution in [2.45, 2.75) is 31.0 Å². The SMILES string of the molecule is O=C(O)CC1(NC(=O)c2ccc(OCC(F)(F)F)cc2)CCOCC1. The Morgan fingerprint density at radius 1 is 1.20 bits per heavy atom. The molecule has 25 heavy (non-hydrogen) atoms. The average molecular weight is 361 g/mol. The van der Waals surface area contributed by atoms with E-state index in [-0.39, 0.29) is 17.7 Å². The van der Waals surface area contributed by atoms with E-state index in [0.717, 1.165) is 0 Å². The Hall–Kier alpha value is -2.29. The van der Waals surface area contributed by atoms with E-state index < -0.39 is 30.2 Å². The fraction of sp³-hybridized carbons (Fsp3) is 0.500. The molecule has 0 atom stereocenters. The zero-order valence-electron chi connectivity index (χ0n) is 13.3. The lowest BCUT2D eigenvalue weighted by atomic mass is 9.86. The van der Waals surface area contributed by atoms with Crippen molar-refractivity contribution < 1.29 is 37.3 Å². The molecular weight excluding hydrogens is 343 g/mol. The van der Waals surface area contributed by atoms with E-state index in [2.05, 4.69) is 10.1 Å². The van der Waals surface area contributed by atoms with Crippen molar-refractivity contribution in [1.82, 2.24) is 5.32 Å². The monoisotopic (exact) mass is 361 g/mol. The summed E-state index contributed by atoms with van der Waals surface area (Å²) in [6.07, 6.45) is -3.92. The van der Waals surface area contributed by atoms with Gasteiger partial charge in [0.25, 0.3) is 5.91 Å². The van der Waals surface area contributed by atoms with Crippen LogP contribution in [-0.4, -0.2) is 48.5 Å². The van der Waals surface area contributed by atoms with Crippen LogP contribution in [-0.2, 0) is 9.53 Å². The number of hydrogen-bond donors (Lipinski definition) is 2. The smallest absolute Gasteiger partial charge is 0.422 e. The van der Waals surface area contributed by atoms with E-state index >= 15 is 0 Å². The molecule has 9 heteroatoms. The third-order valence-corrected chi connectivity index (χ3v) is 3.84. The van der Waals surface area contributed by atoms with Gasteiger partial charge in [-0.2, -0.15) is 13.2 Å². The molecule has 1 aromatic rings. The second-order valence-electron chi connectivity index (χ2n) is 5.85. The van der Waals surface area contributed by atoms with Gasteiger partial charge in [-0.15, -0.1) is 0 Å². The number of carbonyl (C=O) groups is 2. The zero-order chi connectivity index (χ0) is 18.5. The van der Waals surface area contributed by atoms with Crippen LogP contribution in [0.2, 0.25) is 0 Å². The van der Waals surface area contributed by atoms with Crippen LogP contribution in [0, 0.1) is 0 Å². The molecule has 0 unspecified atom stereocenters. The molecule has 0 aliphatic carbocycles. The van der Waals surface area contributed by atoms with Crippen molar-refractivity contribution in [3.8, 4) is 5.75 Å². The Bertz CT molecular complexity index is 609. The van der Waals surface area contributed by atoms with Crippen LogP contribution in [0.1, 0.15) is 29.6 Å². The van der Waals surface area contributed by atoms with Gasteiger partial charge in [0.2, 0.25) is 0 Å². The molecule has 138 valence electrons. The summed E-state index contributed by atoms with van der Waals surface area (Å²) < 4.78 is 46.1. The van der Waals surface area contributed by atoms with Gasteiger partial charge in [0.1, 0.15) is 5.75 Å². The molecule has 0 spiro atoms. The molecule has 0 radical (unpaired) electrons. The highest BCUT2D eigenvalue weighted by atomic mass is 19.4. The summed E-state index contributed by atoms with van der Waals surface area (Å²) in [5.41, 5.74) is -0.692. The van der Waals surface area contributed by atoms with Gasteiger partial charge in [-0.25, -0.2) is 0 Å². The van der Waals surface area contributed by atoms with E-state index in [4.69, 9.17) is 9.84 Å². The summed E-state index contributed by atoms with van der Waals surface area (Å²) in [5, 5.41) is 11.8. The number of halogens is 3. The van der Waals surface area contributed by atoms with Crippen molar-refractivity contribution in [2.24, 2.45) is 0 Å². The fourth-order valence-electron chi connectivity index (χ4n) is 2.58. The quantitative estimate of drug-likeness (QED) is 0.813. The summed E-state index contributed by atoms with van der Waals surface area (Å²) in [6, 6.07) is 5.17. The summed E-state index contributed by atoms with van der Waals surface area (Å²) in [4.78, 5) is 23.5. The van der Waals surface area contributed by atoms with E-state index in [1.54, 1.807) is 0 Å². The number of amides is 1. The molecule has 1 saturated heterocycles. The number of rotatable bonds is 6. The van der Waals surface area contributed by atoms with Gasteiger partial charge in [-0.1, -0.05) is 0 Å². The first-order valence-electron chi connectivity index (χ1n) is 7.61. The highest BCUT2D eigenvalue weighted by Crippen LogP contribution is 2.25. The van der Waals surface area contributed by atoms with Crippen LogP contribution in [0.3, 0.4) is 0 Å². The molecular formula is C16H18F3NO5. The van der Waals surface area contributed by atoms with Gasteiger partial charge >= 0.3 is 12.1 Å². The van der Waals surface area contributed by atoms with E-state index in [1.165, 1.54) is 24.3 Å². The molecule has 1 aliphatic rings. The number of hydrogen-bond acceptors (Lipinski definition) is 4. The van der Waals surface area contributed by atoms with Crippen molar-refractivity contribution in [3.63, 3.8) is 0 Å². The number of ether oxygens (including phenoxy) is 2. The number of alkyl halides is 3. The lowest BCUT2D eigenvalue weighted by molar-refractivity contribution is -0.153. The zero-order valence-corrected chi connectivity index (χ0v) is 13.3. The predicted molar refractivity (Wildman–Crippen MR) is 80.5 cm³/mol. The van der Waals surface area contributed by atoms with Crippen LogP contribution in [0.4, 0.5) is 13.2 Å². The first kappa shape index (κ1) is 19.0. The van der Waals surface area contributed by atoms with Crippen molar-refractivity contribution in [1.29, 1.82) is 0 Å². The van der Waals surface area contributed by atoms with Gasteiger partial charge in [-0.05, 0) is 37.1 Å². The molecule has 0 saturated carbocycles. The molecule has 1 aliphatic heterocycles. The maximum atomic E-state index is 12.4. The summed E-state index contributed by atoms with van der Waals surface area (Å²) in [6.45, 7) is -0.726. The molecule has 1 aromatic carbocycles. The minimum atomic E-state index is -4.44. The van der Waals surface area contributed by atoms with Crippen molar-refractivity contribution in [2.75, 3.05) is 19.8 Å². The number of carboxylic acids is 1. The minimum Gasteiger partial charge on any atom is -0.484 e. The first-order valence-corrected chi connectivity index (χ1v) is 7.61. The van der Waals surface area contributed by atoms with Gasteiger partial charge in [-0.3, -0.25) is 9.59 Å². The van der Waals surface area contributed by atoms with E-state index in [9.17, 15) is 22.8 Å². The number of benzene rings is 1.